The van der Waals surface area contributed by atoms with Crippen molar-refractivity contribution in [1.29, 1.82) is 0 Å². The third kappa shape index (κ3) is 2.61. The van der Waals surface area contributed by atoms with E-state index in [1.54, 1.807) is 12.1 Å². The average Bonchev–Trinajstić information content (AvgIpc) is 2.68. The molecule has 15 heavy (non-hydrogen) atoms. The van der Waals surface area contributed by atoms with Crippen molar-refractivity contribution in [1.82, 2.24) is 0 Å². The summed E-state index contributed by atoms with van der Waals surface area (Å²) in [5.74, 6) is 0.793. The number of carbonyl (C=O) groups excluding carboxylic acids is 1. The maximum atomic E-state index is 11.0. The quantitative estimate of drug-likeness (QED) is 0.716. The first-order valence-corrected chi connectivity index (χ1v) is 5.53. The lowest BCUT2D eigenvalue weighted by molar-refractivity contribution is 0.0943. The van der Waals surface area contributed by atoms with Gasteiger partial charge >= 0.3 is 0 Å². The van der Waals surface area contributed by atoms with Gasteiger partial charge < -0.3 is 9.15 Å². The number of hydrogen-bond donors (Lipinski definition) is 0. The summed E-state index contributed by atoms with van der Waals surface area (Å²) >= 11 is 0. The fourth-order valence-corrected chi connectivity index (χ4v) is 1.92. The van der Waals surface area contributed by atoms with Crippen LogP contribution in [-0.4, -0.2) is 11.9 Å². The predicted molar refractivity (Wildman–Crippen MR) is 56.2 cm³/mol. The molecule has 0 aromatic carbocycles. The molecule has 0 saturated heterocycles. The van der Waals surface area contributed by atoms with Crippen molar-refractivity contribution in [3.8, 4) is 5.95 Å². The molecule has 0 unspecified atom stereocenters. The Labute approximate surface area is 89.4 Å². The van der Waals surface area contributed by atoms with Crippen LogP contribution >= 0.6 is 0 Å². The molecule has 0 amide bonds. The van der Waals surface area contributed by atoms with Crippen molar-refractivity contribution < 1.29 is 13.9 Å². The number of ether oxygens (including phenoxy) is 1. The molecule has 0 aliphatic heterocycles. The van der Waals surface area contributed by atoms with E-state index in [-0.39, 0.29) is 11.9 Å². The van der Waals surface area contributed by atoms with Gasteiger partial charge in [0.15, 0.2) is 11.5 Å². The zero-order valence-electron chi connectivity index (χ0n) is 8.99. The second-order valence-corrected chi connectivity index (χ2v) is 4.05. The normalized spacial score (nSPS) is 17.7. The van der Waals surface area contributed by atoms with Crippen molar-refractivity contribution in [3.05, 3.63) is 17.9 Å². The van der Waals surface area contributed by atoms with Crippen molar-refractivity contribution in [2.75, 3.05) is 0 Å². The highest BCUT2D eigenvalue weighted by Crippen LogP contribution is 2.24. The summed E-state index contributed by atoms with van der Waals surface area (Å²) in [6, 6.07) is 3.39. The summed E-state index contributed by atoms with van der Waals surface area (Å²) < 4.78 is 10.9. The summed E-state index contributed by atoms with van der Waals surface area (Å²) in [5, 5.41) is 0. The third-order valence-corrected chi connectivity index (χ3v) is 2.76. The first-order valence-electron chi connectivity index (χ1n) is 5.53. The zero-order valence-corrected chi connectivity index (χ0v) is 8.99. The van der Waals surface area contributed by atoms with Crippen LogP contribution in [0.1, 0.15) is 49.6 Å². The molecular formula is C12H16O3. The van der Waals surface area contributed by atoms with Gasteiger partial charge in [0.2, 0.25) is 0 Å². The van der Waals surface area contributed by atoms with Gasteiger partial charge in [0, 0.05) is 13.0 Å². The van der Waals surface area contributed by atoms with Gasteiger partial charge in [-0.25, -0.2) is 0 Å². The molecule has 0 atom stereocenters. The van der Waals surface area contributed by atoms with Crippen LogP contribution in [0, 0.1) is 0 Å². The van der Waals surface area contributed by atoms with Gasteiger partial charge in [-0.05, 0) is 31.7 Å². The van der Waals surface area contributed by atoms with E-state index in [4.69, 9.17) is 9.15 Å². The molecule has 1 aliphatic rings. The molecule has 1 aromatic heterocycles. The molecule has 1 fully saturated rings. The second kappa shape index (κ2) is 4.51. The fraction of sp³-hybridized carbons (Fsp3) is 0.583. The van der Waals surface area contributed by atoms with Gasteiger partial charge in [-0.2, -0.15) is 0 Å². The van der Waals surface area contributed by atoms with Crippen LogP contribution in [0.25, 0.3) is 0 Å². The van der Waals surface area contributed by atoms with Gasteiger partial charge in [-0.15, -0.1) is 0 Å². The summed E-state index contributed by atoms with van der Waals surface area (Å²) in [6.45, 7) is 1.49. The lowest BCUT2D eigenvalue weighted by Crippen LogP contribution is -2.19. The number of ketones is 1. The van der Waals surface area contributed by atoms with Gasteiger partial charge in [0.05, 0.1) is 0 Å². The van der Waals surface area contributed by atoms with Gasteiger partial charge in [-0.3, -0.25) is 4.79 Å². The molecule has 2 rings (SSSR count). The SMILES string of the molecule is CC(=O)c1ccc(OC2CCCCC2)o1. The van der Waals surface area contributed by atoms with Crippen LogP contribution in [0.2, 0.25) is 0 Å². The van der Waals surface area contributed by atoms with E-state index in [0.29, 0.717) is 11.7 Å². The Bertz CT molecular complexity index is 334. The topological polar surface area (TPSA) is 39.4 Å². The van der Waals surface area contributed by atoms with E-state index < -0.39 is 0 Å². The number of carbonyl (C=O) groups is 1. The molecule has 0 spiro atoms. The van der Waals surface area contributed by atoms with E-state index in [1.165, 1.54) is 26.2 Å². The van der Waals surface area contributed by atoms with E-state index in [9.17, 15) is 4.79 Å². The highest BCUT2D eigenvalue weighted by atomic mass is 16.6. The van der Waals surface area contributed by atoms with Crippen LogP contribution in [0.4, 0.5) is 0 Å². The largest absolute Gasteiger partial charge is 0.462 e. The molecule has 0 N–H and O–H groups in total. The highest BCUT2D eigenvalue weighted by Gasteiger charge is 2.16. The Morgan fingerprint density at radius 3 is 2.67 bits per heavy atom. The molecule has 3 nitrogen and oxygen atoms in total. The Kier molecular flexibility index (Phi) is 3.09. The van der Waals surface area contributed by atoms with Gasteiger partial charge in [-0.1, -0.05) is 6.42 Å². The lowest BCUT2D eigenvalue weighted by atomic mass is 9.98. The van der Waals surface area contributed by atoms with E-state index in [1.807, 2.05) is 0 Å². The van der Waals surface area contributed by atoms with Crippen molar-refractivity contribution in [2.24, 2.45) is 0 Å². The first kappa shape index (κ1) is 10.3. The molecule has 0 radical (unpaired) electrons. The molecule has 1 aliphatic carbocycles. The molecule has 0 bridgehead atoms. The number of Topliss-reactive ketones (excluding diaryl/α,β-unsaturated/α-hetero) is 1. The Morgan fingerprint density at radius 2 is 2.07 bits per heavy atom. The fourth-order valence-electron chi connectivity index (χ4n) is 1.92. The average molecular weight is 208 g/mol. The van der Waals surface area contributed by atoms with Crippen molar-refractivity contribution in [3.63, 3.8) is 0 Å². The van der Waals surface area contributed by atoms with Gasteiger partial charge in [0.25, 0.3) is 5.95 Å². The van der Waals surface area contributed by atoms with E-state index >= 15 is 0 Å². The number of furan rings is 1. The maximum Gasteiger partial charge on any atom is 0.285 e. The van der Waals surface area contributed by atoms with E-state index in [2.05, 4.69) is 0 Å². The lowest BCUT2D eigenvalue weighted by Gasteiger charge is -2.21. The molecule has 1 saturated carbocycles. The Balaban J connectivity index is 1.94. The first-order chi connectivity index (χ1) is 7.25. The summed E-state index contributed by atoms with van der Waals surface area (Å²) in [7, 11) is 0. The molecule has 1 heterocycles. The minimum Gasteiger partial charge on any atom is -0.462 e. The molecule has 82 valence electrons. The summed E-state index contributed by atoms with van der Waals surface area (Å²) in [4.78, 5) is 11.0. The van der Waals surface area contributed by atoms with Gasteiger partial charge in [0.1, 0.15) is 6.10 Å². The van der Waals surface area contributed by atoms with Crippen molar-refractivity contribution in [2.45, 2.75) is 45.1 Å². The molecular weight excluding hydrogens is 192 g/mol. The monoisotopic (exact) mass is 208 g/mol. The van der Waals surface area contributed by atoms with Crippen LogP contribution in [0.15, 0.2) is 16.5 Å². The van der Waals surface area contributed by atoms with Crippen LogP contribution in [0.5, 0.6) is 5.95 Å². The zero-order chi connectivity index (χ0) is 10.7. The predicted octanol–water partition coefficient (Wildman–Crippen LogP) is 3.19. The minimum absolute atomic E-state index is 0.0616. The third-order valence-electron chi connectivity index (χ3n) is 2.76. The highest BCUT2D eigenvalue weighted by molar-refractivity contribution is 5.91. The van der Waals surface area contributed by atoms with Crippen molar-refractivity contribution >= 4 is 5.78 Å². The molecule has 3 heteroatoms. The standard InChI is InChI=1S/C12H16O3/c1-9(13)11-7-8-12(15-11)14-10-5-3-2-4-6-10/h7-8,10H,2-6H2,1H3. The Morgan fingerprint density at radius 1 is 1.33 bits per heavy atom. The second-order valence-electron chi connectivity index (χ2n) is 4.05. The summed E-state index contributed by atoms with van der Waals surface area (Å²) in [6.07, 6.45) is 6.21. The number of rotatable bonds is 3. The van der Waals surface area contributed by atoms with E-state index in [0.717, 1.165) is 12.8 Å². The van der Waals surface area contributed by atoms with Crippen LogP contribution in [-0.2, 0) is 0 Å². The molecule has 1 aromatic rings. The Hall–Kier alpha value is -1.25. The minimum atomic E-state index is -0.0616. The maximum absolute atomic E-state index is 11.0. The van der Waals surface area contributed by atoms with Crippen LogP contribution in [0.3, 0.4) is 0 Å². The number of hydrogen-bond acceptors (Lipinski definition) is 3. The van der Waals surface area contributed by atoms with Crippen LogP contribution < -0.4 is 4.74 Å². The summed E-state index contributed by atoms with van der Waals surface area (Å²) in [5.41, 5.74) is 0. The smallest absolute Gasteiger partial charge is 0.285 e.